The molecular formula is C27H28F2N4O5. The zero-order chi connectivity index (χ0) is 27.1. The molecule has 200 valence electrons. The van der Waals surface area contributed by atoms with Crippen LogP contribution in [0.4, 0.5) is 20.2 Å². The molecule has 2 aromatic carbocycles. The quantitative estimate of drug-likeness (QED) is 0.308. The first-order valence-corrected chi connectivity index (χ1v) is 12.1. The number of alkyl halides is 2. The van der Waals surface area contributed by atoms with Crippen LogP contribution in [0.25, 0.3) is 0 Å². The summed E-state index contributed by atoms with van der Waals surface area (Å²) in [6, 6.07) is 14.3. The summed E-state index contributed by atoms with van der Waals surface area (Å²) in [6.45, 7) is 5.28. The Labute approximate surface area is 218 Å². The normalized spacial score (nSPS) is 13.3. The largest absolute Gasteiger partial charge is 0.586 e. The number of pyridine rings is 1. The minimum atomic E-state index is -3.74. The van der Waals surface area contributed by atoms with Crippen molar-refractivity contribution in [1.82, 2.24) is 10.3 Å². The van der Waals surface area contributed by atoms with Crippen LogP contribution >= 0.6 is 0 Å². The number of hydrogen-bond acceptors (Lipinski definition) is 7. The summed E-state index contributed by atoms with van der Waals surface area (Å²) in [6.07, 6.45) is -1.34. The maximum atomic E-state index is 13.3. The van der Waals surface area contributed by atoms with Crippen LogP contribution in [0.3, 0.4) is 0 Å². The van der Waals surface area contributed by atoms with Gasteiger partial charge in [0.2, 0.25) is 0 Å². The summed E-state index contributed by atoms with van der Waals surface area (Å²) in [7, 11) is 0. The fraction of sp³-hybridized carbons (Fsp3) is 0.296. The molecule has 0 saturated carbocycles. The van der Waals surface area contributed by atoms with E-state index in [0.717, 1.165) is 5.56 Å². The molecule has 2 amide bonds. The smallest absolute Gasteiger partial charge is 0.395 e. The topological polar surface area (TPSA) is 111 Å². The van der Waals surface area contributed by atoms with E-state index < -0.39 is 12.2 Å². The number of amides is 2. The molecule has 1 aliphatic heterocycles. The molecular weight excluding hydrogens is 498 g/mol. The molecule has 1 aliphatic rings. The Kier molecular flexibility index (Phi) is 8.37. The van der Waals surface area contributed by atoms with Crippen molar-refractivity contribution in [1.29, 1.82) is 0 Å². The Bertz CT molecular complexity index is 1300. The number of rotatable bonds is 11. The van der Waals surface area contributed by atoms with Crippen LogP contribution in [0, 0.1) is 0 Å². The van der Waals surface area contributed by atoms with Gasteiger partial charge in [0.15, 0.2) is 11.5 Å². The number of anilines is 2. The third-order valence-corrected chi connectivity index (χ3v) is 5.43. The SMILES string of the molecule is CC(C)OCCCNC(=O)c1cc(CNc2ccccc2C(=O)Nc2ccc3c(c2)OC(F)(F)O3)ccn1. The Morgan fingerprint density at radius 2 is 1.82 bits per heavy atom. The number of carbonyl (C=O) groups excluding carboxylic acids is 2. The fourth-order valence-corrected chi connectivity index (χ4v) is 3.65. The fourth-order valence-electron chi connectivity index (χ4n) is 3.65. The summed E-state index contributed by atoms with van der Waals surface area (Å²) in [5.41, 5.74) is 2.23. The van der Waals surface area contributed by atoms with Gasteiger partial charge in [-0.15, -0.1) is 8.78 Å². The highest BCUT2D eigenvalue weighted by molar-refractivity contribution is 6.08. The molecule has 3 N–H and O–H groups in total. The molecule has 38 heavy (non-hydrogen) atoms. The number of carbonyl (C=O) groups is 2. The second kappa shape index (κ2) is 11.9. The van der Waals surface area contributed by atoms with Crippen molar-refractivity contribution in [3.05, 3.63) is 77.6 Å². The number of para-hydroxylation sites is 1. The first-order valence-electron chi connectivity index (χ1n) is 12.1. The predicted octanol–water partition coefficient (Wildman–Crippen LogP) is 4.81. The van der Waals surface area contributed by atoms with Crippen molar-refractivity contribution in [2.45, 2.75) is 39.2 Å². The van der Waals surface area contributed by atoms with Crippen LogP contribution in [0.1, 0.15) is 46.7 Å². The molecule has 0 fully saturated rings. The Morgan fingerprint density at radius 1 is 1.03 bits per heavy atom. The number of nitrogens with one attached hydrogen (secondary N) is 3. The molecule has 0 spiro atoms. The number of ether oxygens (including phenoxy) is 3. The minimum absolute atomic E-state index is 0.111. The van der Waals surface area contributed by atoms with E-state index in [2.05, 4.69) is 30.4 Å². The van der Waals surface area contributed by atoms with Gasteiger partial charge in [-0.25, -0.2) is 0 Å². The third-order valence-electron chi connectivity index (χ3n) is 5.43. The van der Waals surface area contributed by atoms with Gasteiger partial charge in [-0.2, -0.15) is 0 Å². The highest BCUT2D eigenvalue weighted by Crippen LogP contribution is 2.42. The first kappa shape index (κ1) is 26.8. The van der Waals surface area contributed by atoms with Gasteiger partial charge < -0.3 is 30.2 Å². The van der Waals surface area contributed by atoms with Gasteiger partial charge in [-0.3, -0.25) is 14.6 Å². The van der Waals surface area contributed by atoms with E-state index in [1.807, 2.05) is 13.8 Å². The second-order valence-electron chi connectivity index (χ2n) is 8.76. The Hall–Kier alpha value is -4.25. The lowest BCUT2D eigenvalue weighted by Crippen LogP contribution is -2.26. The summed E-state index contributed by atoms with van der Waals surface area (Å²) in [4.78, 5) is 29.6. The molecule has 9 nitrogen and oxygen atoms in total. The van der Waals surface area contributed by atoms with Crippen LogP contribution in [-0.2, 0) is 11.3 Å². The number of fused-ring (bicyclic) bond motifs is 1. The third kappa shape index (κ3) is 7.16. The van der Waals surface area contributed by atoms with Gasteiger partial charge in [0.05, 0.1) is 11.7 Å². The van der Waals surface area contributed by atoms with E-state index in [4.69, 9.17) is 4.74 Å². The van der Waals surface area contributed by atoms with Gasteiger partial charge in [-0.05, 0) is 62.2 Å². The standard InChI is InChI=1S/C27H28F2N4O5/c1-17(2)36-13-5-11-31-26(35)22-14-18(10-12-30-22)16-32-21-7-4-3-6-20(21)25(34)33-19-8-9-23-24(15-19)38-27(28,29)37-23/h3-4,6-10,12,14-15,17,32H,5,11,13,16H2,1-2H3,(H,31,35)(H,33,34). The molecule has 0 bridgehead atoms. The molecule has 4 rings (SSSR count). The zero-order valence-electron chi connectivity index (χ0n) is 20.9. The Morgan fingerprint density at radius 3 is 2.63 bits per heavy atom. The molecule has 11 heteroatoms. The summed E-state index contributed by atoms with van der Waals surface area (Å²) in [5.74, 6) is -1.01. The van der Waals surface area contributed by atoms with Crippen LogP contribution < -0.4 is 25.4 Å². The average molecular weight is 527 g/mol. The highest BCUT2D eigenvalue weighted by atomic mass is 19.3. The maximum absolute atomic E-state index is 13.3. The number of benzene rings is 2. The van der Waals surface area contributed by atoms with E-state index in [-0.39, 0.29) is 34.9 Å². The predicted molar refractivity (Wildman–Crippen MR) is 137 cm³/mol. The zero-order valence-corrected chi connectivity index (χ0v) is 20.9. The van der Waals surface area contributed by atoms with Crippen LogP contribution in [0.15, 0.2) is 60.8 Å². The van der Waals surface area contributed by atoms with Crippen LogP contribution in [0.5, 0.6) is 11.5 Å². The lowest BCUT2D eigenvalue weighted by Gasteiger charge is -2.13. The lowest BCUT2D eigenvalue weighted by atomic mass is 10.1. The van der Waals surface area contributed by atoms with Crippen molar-refractivity contribution in [2.24, 2.45) is 0 Å². The van der Waals surface area contributed by atoms with E-state index in [9.17, 15) is 18.4 Å². The number of hydrogen-bond donors (Lipinski definition) is 3. The lowest BCUT2D eigenvalue weighted by molar-refractivity contribution is -0.286. The first-order chi connectivity index (χ1) is 18.2. The second-order valence-corrected chi connectivity index (χ2v) is 8.76. The summed E-state index contributed by atoms with van der Waals surface area (Å²) in [5, 5.41) is 8.71. The van der Waals surface area contributed by atoms with Gasteiger partial charge >= 0.3 is 6.29 Å². The van der Waals surface area contributed by atoms with Crippen molar-refractivity contribution in [3.8, 4) is 11.5 Å². The van der Waals surface area contributed by atoms with Gasteiger partial charge in [0.25, 0.3) is 11.8 Å². The van der Waals surface area contributed by atoms with Gasteiger partial charge in [-0.1, -0.05) is 12.1 Å². The summed E-state index contributed by atoms with van der Waals surface area (Å²) < 4.78 is 40.8. The molecule has 0 atom stereocenters. The molecule has 1 aromatic heterocycles. The molecule has 0 radical (unpaired) electrons. The van der Waals surface area contributed by atoms with E-state index in [0.29, 0.717) is 37.4 Å². The molecule has 0 saturated heterocycles. The number of nitrogens with zero attached hydrogens (tertiary/aromatic N) is 1. The van der Waals surface area contributed by atoms with E-state index in [1.54, 1.807) is 42.6 Å². The molecule has 0 unspecified atom stereocenters. The minimum Gasteiger partial charge on any atom is -0.395 e. The van der Waals surface area contributed by atoms with Gasteiger partial charge in [0, 0.05) is 43.3 Å². The molecule has 0 aliphatic carbocycles. The van der Waals surface area contributed by atoms with Crippen molar-refractivity contribution in [2.75, 3.05) is 23.8 Å². The van der Waals surface area contributed by atoms with E-state index in [1.165, 1.54) is 18.2 Å². The number of halogens is 2. The Balaban J connectivity index is 1.35. The summed E-state index contributed by atoms with van der Waals surface area (Å²) >= 11 is 0. The van der Waals surface area contributed by atoms with Crippen LogP contribution in [-0.4, -0.2) is 42.3 Å². The van der Waals surface area contributed by atoms with Crippen molar-refractivity contribution < 1.29 is 32.6 Å². The van der Waals surface area contributed by atoms with Crippen LogP contribution in [0.2, 0.25) is 0 Å². The van der Waals surface area contributed by atoms with E-state index >= 15 is 0 Å². The average Bonchev–Trinajstić information content (AvgIpc) is 3.20. The molecule has 3 aromatic rings. The van der Waals surface area contributed by atoms with Gasteiger partial charge in [0.1, 0.15) is 5.69 Å². The molecule has 2 heterocycles. The van der Waals surface area contributed by atoms with Crippen molar-refractivity contribution in [3.63, 3.8) is 0 Å². The highest BCUT2D eigenvalue weighted by Gasteiger charge is 2.43. The monoisotopic (exact) mass is 526 g/mol. The van der Waals surface area contributed by atoms with Crippen molar-refractivity contribution >= 4 is 23.2 Å². The maximum Gasteiger partial charge on any atom is 0.586 e. The number of aromatic nitrogens is 1.